The SMILES string of the molecule is Cc1nc2c(O)cccn2c(=O)c1CCN1CCC(/C(=N/O)c2ccc(F)cc2F)CC1. The number of fused-ring (bicyclic) bond motifs is 1. The van der Waals surface area contributed by atoms with E-state index in [-0.39, 0.29) is 34.1 Å². The number of piperidine rings is 1. The number of aryl methyl sites for hydroxylation is 1. The second-order valence-corrected chi connectivity index (χ2v) is 8.04. The van der Waals surface area contributed by atoms with Crippen molar-refractivity contribution in [2.75, 3.05) is 19.6 Å². The first-order valence-corrected chi connectivity index (χ1v) is 10.5. The Bertz CT molecular complexity index is 1230. The first-order chi connectivity index (χ1) is 15.4. The monoisotopic (exact) mass is 442 g/mol. The molecule has 0 unspecified atom stereocenters. The number of rotatable bonds is 5. The predicted octanol–water partition coefficient (Wildman–Crippen LogP) is 3.12. The van der Waals surface area contributed by atoms with Crippen LogP contribution in [0.25, 0.3) is 5.65 Å². The summed E-state index contributed by atoms with van der Waals surface area (Å²) in [6.45, 7) is 3.78. The third kappa shape index (κ3) is 4.20. The maximum Gasteiger partial charge on any atom is 0.261 e. The zero-order valence-electron chi connectivity index (χ0n) is 17.6. The van der Waals surface area contributed by atoms with E-state index in [4.69, 9.17) is 0 Å². The first-order valence-electron chi connectivity index (χ1n) is 10.5. The number of aromatic hydroxyl groups is 1. The summed E-state index contributed by atoms with van der Waals surface area (Å²) in [6.07, 6.45) is 3.40. The quantitative estimate of drug-likeness (QED) is 0.360. The molecular weight excluding hydrogens is 418 g/mol. The fourth-order valence-electron chi connectivity index (χ4n) is 4.33. The van der Waals surface area contributed by atoms with Crippen LogP contribution in [0.4, 0.5) is 8.78 Å². The van der Waals surface area contributed by atoms with Crippen LogP contribution in [0.5, 0.6) is 5.75 Å². The molecule has 0 atom stereocenters. The van der Waals surface area contributed by atoms with Gasteiger partial charge < -0.3 is 15.2 Å². The fourth-order valence-corrected chi connectivity index (χ4v) is 4.33. The van der Waals surface area contributed by atoms with Crippen molar-refractivity contribution in [2.45, 2.75) is 26.2 Å². The summed E-state index contributed by atoms with van der Waals surface area (Å²) in [5.74, 6) is -1.61. The molecule has 3 aromatic rings. The zero-order chi connectivity index (χ0) is 22.8. The Kier molecular flexibility index (Phi) is 6.18. The van der Waals surface area contributed by atoms with Gasteiger partial charge in [0.15, 0.2) is 11.4 Å². The molecule has 4 rings (SSSR count). The highest BCUT2D eigenvalue weighted by Crippen LogP contribution is 2.25. The minimum atomic E-state index is -0.744. The van der Waals surface area contributed by atoms with Crippen LogP contribution in [-0.2, 0) is 6.42 Å². The fraction of sp³-hybridized carbons (Fsp3) is 0.348. The van der Waals surface area contributed by atoms with Crippen molar-refractivity contribution in [3.8, 4) is 5.75 Å². The number of likely N-dealkylation sites (tertiary alicyclic amines) is 1. The van der Waals surface area contributed by atoms with Gasteiger partial charge in [0.25, 0.3) is 5.56 Å². The molecule has 1 aliphatic rings. The number of hydrogen-bond acceptors (Lipinski definition) is 6. The van der Waals surface area contributed by atoms with Crippen LogP contribution in [-0.4, -0.2) is 49.9 Å². The maximum atomic E-state index is 14.1. The molecule has 9 heteroatoms. The summed E-state index contributed by atoms with van der Waals surface area (Å²) in [7, 11) is 0. The Morgan fingerprint density at radius 3 is 2.69 bits per heavy atom. The van der Waals surface area contributed by atoms with Gasteiger partial charge in [-0.15, -0.1) is 0 Å². The van der Waals surface area contributed by atoms with Gasteiger partial charge in [0.2, 0.25) is 0 Å². The van der Waals surface area contributed by atoms with Gasteiger partial charge >= 0.3 is 0 Å². The Hall–Kier alpha value is -3.33. The number of halogens is 2. The number of oxime groups is 1. The Morgan fingerprint density at radius 1 is 1.25 bits per heavy atom. The highest BCUT2D eigenvalue weighted by molar-refractivity contribution is 6.02. The summed E-state index contributed by atoms with van der Waals surface area (Å²) >= 11 is 0. The van der Waals surface area contributed by atoms with Crippen molar-refractivity contribution in [2.24, 2.45) is 11.1 Å². The molecule has 2 N–H and O–H groups in total. The molecule has 7 nitrogen and oxygen atoms in total. The molecule has 0 saturated carbocycles. The lowest BCUT2D eigenvalue weighted by atomic mass is 9.88. The van der Waals surface area contributed by atoms with E-state index < -0.39 is 11.6 Å². The first kappa shape index (κ1) is 21.9. The molecule has 0 aliphatic carbocycles. The normalized spacial score (nSPS) is 16.0. The molecule has 1 saturated heterocycles. The van der Waals surface area contributed by atoms with Gasteiger partial charge in [-0.05, 0) is 63.5 Å². The van der Waals surface area contributed by atoms with Crippen LogP contribution < -0.4 is 5.56 Å². The average Bonchev–Trinajstić information content (AvgIpc) is 2.77. The average molecular weight is 442 g/mol. The molecule has 0 bridgehead atoms. The Balaban J connectivity index is 1.42. The largest absolute Gasteiger partial charge is 0.504 e. The molecule has 3 heterocycles. The zero-order valence-corrected chi connectivity index (χ0v) is 17.6. The number of aromatic nitrogens is 2. The predicted molar refractivity (Wildman–Crippen MR) is 115 cm³/mol. The third-order valence-electron chi connectivity index (χ3n) is 6.10. The van der Waals surface area contributed by atoms with E-state index in [1.54, 1.807) is 19.2 Å². The van der Waals surface area contributed by atoms with Crippen LogP contribution in [0.2, 0.25) is 0 Å². The van der Waals surface area contributed by atoms with Gasteiger partial charge in [-0.2, -0.15) is 0 Å². The summed E-state index contributed by atoms with van der Waals surface area (Å²) in [6, 6.07) is 6.32. The lowest BCUT2D eigenvalue weighted by Gasteiger charge is -2.32. The Morgan fingerprint density at radius 2 is 2.00 bits per heavy atom. The van der Waals surface area contributed by atoms with Crippen molar-refractivity contribution in [3.63, 3.8) is 0 Å². The minimum Gasteiger partial charge on any atom is -0.504 e. The summed E-state index contributed by atoms with van der Waals surface area (Å²) < 4.78 is 28.7. The summed E-state index contributed by atoms with van der Waals surface area (Å²) in [5, 5.41) is 22.7. The maximum absolute atomic E-state index is 14.1. The Labute approximate surface area is 183 Å². The van der Waals surface area contributed by atoms with E-state index >= 15 is 0 Å². The van der Waals surface area contributed by atoms with Gasteiger partial charge in [0.05, 0.1) is 5.71 Å². The van der Waals surface area contributed by atoms with E-state index in [1.807, 2.05) is 0 Å². The number of benzene rings is 1. The van der Waals surface area contributed by atoms with E-state index in [1.165, 1.54) is 16.5 Å². The number of nitrogens with zero attached hydrogens (tertiary/aromatic N) is 4. The van der Waals surface area contributed by atoms with E-state index in [0.29, 0.717) is 50.2 Å². The van der Waals surface area contributed by atoms with Crippen molar-refractivity contribution in [3.05, 3.63) is 75.3 Å². The van der Waals surface area contributed by atoms with Crippen LogP contribution in [0, 0.1) is 24.5 Å². The van der Waals surface area contributed by atoms with Crippen molar-refractivity contribution in [1.29, 1.82) is 0 Å². The standard InChI is InChI=1S/C23H24F2N4O3/c1-14-17(23(31)29-9-2-3-20(30)22(29)26-14)8-12-28-10-6-15(7-11-28)21(27-32)18-5-4-16(24)13-19(18)25/h2-5,9,13,15,30,32H,6-8,10-12H2,1H3/b27-21-. The molecule has 2 aromatic heterocycles. The van der Waals surface area contributed by atoms with Gasteiger partial charge in [-0.1, -0.05) is 5.16 Å². The van der Waals surface area contributed by atoms with Gasteiger partial charge in [0, 0.05) is 41.5 Å². The van der Waals surface area contributed by atoms with E-state index in [9.17, 15) is 23.9 Å². The molecule has 168 valence electrons. The second kappa shape index (κ2) is 9.04. The molecule has 1 fully saturated rings. The minimum absolute atomic E-state index is 0.0414. The van der Waals surface area contributed by atoms with Crippen molar-refractivity contribution in [1.82, 2.24) is 14.3 Å². The highest BCUT2D eigenvalue weighted by Gasteiger charge is 2.27. The molecule has 0 amide bonds. The second-order valence-electron chi connectivity index (χ2n) is 8.04. The van der Waals surface area contributed by atoms with Crippen LogP contribution in [0.3, 0.4) is 0 Å². The van der Waals surface area contributed by atoms with Gasteiger partial charge in [-0.3, -0.25) is 9.20 Å². The topological polar surface area (TPSA) is 90.4 Å². The van der Waals surface area contributed by atoms with Gasteiger partial charge in [0.1, 0.15) is 11.6 Å². The van der Waals surface area contributed by atoms with E-state index in [0.717, 1.165) is 12.1 Å². The molecule has 0 spiro atoms. The summed E-state index contributed by atoms with van der Waals surface area (Å²) in [5.41, 5.74) is 1.58. The lowest BCUT2D eigenvalue weighted by Crippen LogP contribution is -2.38. The van der Waals surface area contributed by atoms with Crippen LogP contribution >= 0.6 is 0 Å². The summed E-state index contributed by atoms with van der Waals surface area (Å²) in [4.78, 5) is 19.4. The van der Waals surface area contributed by atoms with Crippen molar-refractivity contribution >= 4 is 11.4 Å². The van der Waals surface area contributed by atoms with E-state index in [2.05, 4.69) is 15.0 Å². The molecule has 32 heavy (non-hydrogen) atoms. The third-order valence-corrected chi connectivity index (χ3v) is 6.10. The molecule has 1 aromatic carbocycles. The molecular formula is C23H24F2N4O3. The van der Waals surface area contributed by atoms with Crippen molar-refractivity contribution < 1.29 is 19.1 Å². The van der Waals surface area contributed by atoms with Gasteiger partial charge in [-0.25, -0.2) is 13.8 Å². The lowest BCUT2D eigenvalue weighted by molar-refractivity contribution is 0.208. The number of hydrogen-bond donors (Lipinski definition) is 2. The smallest absolute Gasteiger partial charge is 0.261 e. The molecule has 0 radical (unpaired) electrons. The highest BCUT2D eigenvalue weighted by atomic mass is 19.1. The number of pyridine rings is 1. The van der Waals surface area contributed by atoms with Crippen LogP contribution in [0.15, 0.2) is 46.5 Å². The van der Waals surface area contributed by atoms with Crippen LogP contribution in [0.1, 0.15) is 29.7 Å². The molecule has 1 aliphatic heterocycles.